The van der Waals surface area contributed by atoms with Gasteiger partial charge in [-0.05, 0) is 36.4 Å². The minimum Gasteiger partial charge on any atom is -0.452 e. The molecular formula is C16H11ClF2N2O4. The molecule has 0 fully saturated rings. The summed E-state index contributed by atoms with van der Waals surface area (Å²) in [5, 5.41) is 0.446. The molecule has 130 valence electrons. The van der Waals surface area contributed by atoms with Gasteiger partial charge in [0.05, 0.1) is 5.56 Å². The minimum absolute atomic E-state index is 0.247. The smallest absolute Gasteiger partial charge is 0.338 e. The highest BCUT2D eigenvalue weighted by molar-refractivity contribution is 6.30. The Hall–Kier alpha value is -3.00. The van der Waals surface area contributed by atoms with Crippen LogP contribution in [0, 0.1) is 11.6 Å². The second-order valence-electron chi connectivity index (χ2n) is 4.74. The van der Waals surface area contributed by atoms with E-state index in [1.807, 2.05) is 5.43 Å². The standard InChI is InChI=1S/C16H11ClF2N2O4/c17-11-3-1-9(2-4-11)15(23)21-20-14(22)8-25-16(24)10-5-12(18)7-13(19)6-10/h1-7H,8H2,(H,20,22)(H,21,23). The van der Waals surface area contributed by atoms with E-state index in [2.05, 4.69) is 10.2 Å². The fourth-order valence-electron chi connectivity index (χ4n) is 1.72. The quantitative estimate of drug-likeness (QED) is 0.640. The number of hydrazine groups is 1. The van der Waals surface area contributed by atoms with Crippen LogP contribution in [0.2, 0.25) is 5.02 Å². The topological polar surface area (TPSA) is 84.5 Å². The molecule has 0 aliphatic rings. The first kappa shape index (κ1) is 18.3. The zero-order valence-corrected chi connectivity index (χ0v) is 13.3. The first-order valence-electron chi connectivity index (χ1n) is 6.83. The molecule has 9 heteroatoms. The van der Waals surface area contributed by atoms with Gasteiger partial charge in [-0.25, -0.2) is 13.6 Å². The van der Waals surface area contributed by atoms with Crippen molar-refractivity contribution in [3.8, 4) is 0 Å². The fraction of sp³-hybridized carbons (Fsp3) is 0.0625. The second kappa shape index (κ2) is 8.20. The molecule has 25 heavy (non-hydrogen) atoms. The molecule has 2 aromatic rings. The normalized spacial score (nSPS) is 10.0. The summed E-state index contributed by atoms with van der Waals surface area (Å²) in [7, 11) is 0. The first-order valence-corrected chi connectivity index (χ1v) is 7.21. The molecule has 2 N–H and O–H groups in total. The number of carbonyl (C=O) groups excluding carboxylic acids is 3. The second-order valence-corrected chi connectivity index (χ2v) is 5.18. The molecular weight excluding hydrogens is 358 g/mol. The maximum absolute atomic E-state index is 13.0. The molecule has 6 nitrogen and oxygen atoms in total. The number of amides is 2. The molecule has 0 aliphatic carbocycles. The number of ether oxygens (including phenoxy) is 1. The van der Waals surface area contributed by atoms with Gasteiger partial charge in [-0.2, -0.15) is 0 Å². The molecule has 2 aromatic carbocycles. The average Bonchev–Trinajstić information content (AvgIpc) is 2.57. The van der Waals surface area contributed by atoms with Crippen LogP contribution in [-0.4, -0.2) is 24.4 Å². The lowest BCUT2D eigenvalue weighted by Gasteiger charge is -2.08. The van der Waals surface area contributed by atoms with Crippen LogP contribution in [0.1, 0.15) is 20.7 Å². The van der Waals surface area contributed by atoms with Crippen LogP contribution >= 0.6 is 11.6 Å². The van der Waals surface area contributed by atoms with Crippen molar-refractivity contribution in [2.45, 2.75) is 0 Å². The van der Waals surface area contributed by atoms with Crippen LogP contribution < -0.4 is 10.9 Å². The zero-order chi connectivity index (χ0) is 18.4. The van der Waals surface area contributed by atoms with Gasteiger partial charge in [0.1, 0.15) is 11.6 Å². The van der Waals surface area contributed by atoms with Gasteiger partial charge < -0.3 is 4.74 Å². The summed E-state index contributed by atoms with van der Waals surface area (Å²) in [6.07, 6.45) is 0. The zero-order valence-electron chi connectivity index (χ0n) is 12.5. The van der Waals surface area contributed by atoms with Gasteiger partial charge in [0.2, 0.25) is 0 Å². The summed E-state index contributed by atoms with van der Waals surface area (Å²) in [6, 6.07) is 8.02. The summed E-state index contributed by atoms with van der Waals surface area (Å²) in [4.78, 5) is 34.9. The van der Waals surface area contributed by atoms with Crippen LogP contribution in [0.4, 0.5) is 8.78 Å². The molecule has 0 saturated carbocycles. The molecule has 0 heterocycles. The molecule has 0 aliphatic heterocycles. The summed E-state index contributed by atoms with van der Waals surface area (Å²) >= 11 is 5.69. The Bertz CT molecular complexity index is 792. The molecule has 0 unspecified atom stereocenters. The lowest BCUT2D eigenvalue weighted by Crippen LogP contribution is -2.43. The molecule has 0 saturated heterocycles. The number of nitrogens with one attached hydrogen (secondary N) is 2. The Morgan fingerprint density at radius 3 is 2.12 bits per heavy atom. The highest BCUT2D eigenvalue weighted by Gasteiger charge is 2.13. The Kier molecular flexibility index (Phi) is 6.02. The summed E-state index contributed by atoms with van der Waals surface area (Å²) < 4.78 is 30.6. The van der Waals surface area contributed by atoms with Crippen molar-refractivity contribution in [3.63, 3.8) is 0 Å². The SMILES string of the molecule is O=C(COC(=O)c1cc(F)cc(F)c1)NNC(=O)c1ccc(Cl)cc1. The van der Waals surface area contributed by atoms with E-state index in [-0.39, 0.29) is 11.1 Å². The van der Waals surface area contributed by atoms with Gasteiger partial charge in [-0.1, -0.05) is 11.6 Å². The maximum atomic E-state index is 13.0. The largest absolute Gasteiger partial charge is 0.452 e. The third-order valence-corrected chi connectivity index (χ3v) is 3.11. The van der Waals surface area contributed by atoms with E-state index in [9.17, 15) is 23.2 Å². The van der Waals surface area contributed by atoms with Gasteiger partial charge in [-0.3, -0.25) is 20.4 Å². The molecule has 0 atom stereocenters. The monoisotopic (exact) mass is 368 g/mol. The summed E-state index contributed by atoms with van der Waals surface area (Å²) in [5.41, 5.74) is 4.00. The molecule has 0 bridgehead atoms. The first-order chi connectivity index (χ1) is 11.8. The third-order valence-electron chi connectivity index (χ3n) is 2.85. The highest BCUT2D eigenvalue weighted by Crippen LogP contribution is 2.10. The Morgan fingerprint density at radius 1 is 0.920 bits per heavy atom. The van der Waals surface area contributed by atoms with E-state index in [0.29, 0.717) is 11.1 Å². The summed E-state index contributed by atoms with van der Waals surface area (Å²) in [6.45, 7) is -0.752. The molecule has 2 rings (SSSR count). The van der Waals surface area contributed by atoms with Crippen molar-refractivity contribution in [3.05, 3.63) is 70.2 Å². The highest BCUT2D eigenvalue weighted by atomic mass is 35.5. The van der Waals surface area contributed by atoms with Crippen LogP contribution in [0.5, 0.6) is 0 Å². The molecule has 2 amide bonds. The number of hydrogen-bond acceptors (Lipinski definition) is 4. The number of halogens is 3. The Balaban J connectivity index is 1.81. The van der Waals surface area contributed by atoms with Crippen LogP contribution in [-0.2, 0) is 9.53 Å². The predicted molar refractivity (Wildman–Crippen MR) is 83.7 cm³/mol. The minimum atomic E-state index is -1.09. The number of carbonyl (C=O) groups is 3. The van der Waals surface area contributed by atoms with Crippen LogP contribution in [0.25, 0.3) is 0 Å². The molecule has 0 aromatic heterocycles. The van der Waals surface area contributed by atoms with Crippen molar-refractivity contribution in [1.29, 1.82) is 0 Å². The fourth-order valence-corrected chi connectivity index (χ4v) is 1.85. The van der Waals surface area contributed by atoms with Crippen molar-refractivity contribution in [2.75, 3.05) is 6.61 Å². The van der Waals surface area contributed by atoms with E-state index in [0.717, 1.165) is 12.1 Å². The van der Waals surface area contributed by atoms with Crippen molar-refractivity contribution < 1.29 is 27.9 Å². The molecule has 0 spiro atoms. The van der Waals surface area contributed by atoms with E-state index >= 15 is 0 Å². The van der Waals surface area contributed by atoms with Crippen molar-refractivity contribution in [2.24, 2.45) is 0 Å². The van der Waals surface area contributed by atoms with Crippen LogP contribution in [0.3, 0.4) is 0 Å². The Morgan fingerprint density at radius 2 is 1.52 bits per heavy atom. The van der Waals surface area contributed by atoms with Gasteiger partial charge >= 0.3 is 5.97 Å². The van der Waals surface area contributed by atoms with Gasteiger partial charge in [0.15, 0.2) is 6.61 Å². The number of rotatable bonds is 4. The van der Waals surface area contributed by atoms with Gasteiger partial charge in [0, 0.05) is 16.7 Å². The predicted octanol–water partition coefficient (Wildman–Crippen LogP) is 2.24. The van der Waals surface area contributed by atoms with Gasteiger partial charge in [-0.15, -0.1) is 0 Å². The molecule has 0 radical (unpaired) electrons. The lowest BCUT2D eigenvalue weighted by molar-refractivity contribution is -0.125. The summed E-state index contributed by atoms with van der Waals surface area (Å²) in [5.74, 6) is -4.44. The van der Waals surface area contributed by atoms with Crippen molar-refractivity contribution >= 4 is 29.4 Å². The van der Waals surface area contributed by atoms with Gasteiger partial charge in [0.25, 0.3) is 11.8 Å². The van der Waals surface area contributed by atoms with Crippen LogP contribution in [0.15, 0.2) is 42.5 Å². The average molecular weight is 369 g/mol. The third kappa shape index (κ3) is 5.54. The maximum Gasteiger partial charge on any atom is 0.338 e. The van der Waals surface area contributed by atoms with E-state index in [4.69, 9.17) is 11.6 Å². The number of esters is 1. The van der Waals surface area contributed by atoms with E-state index in [1.54, 1.807) is 0 Å². The lowest BCUT2D eigenvalue weighted by atomic mass is 10.2. The number of hydrogen-bond donors (Lipinski definition) is 2. The Labute approximate surface area is 145 Å². The number of benzene rings is 2. The van der Waals surface area contributed by atoms with Crippen molar-refractivity contribution in [1.82, 2.24) is 10.9 Å². The van der Waals surface area contributed by atoms with E-state index < -0.39 is 36.0 Å². The van der Waals surface area contributed by atoms with E-state index in [1.165, 1.54) is 24.3 Å².